The minimum absolute atomic E-state index is 0.225. The van der Waals surface area contributed by atoms with Gasteiger partial charge < -0.3 is 10.2 Å². The fraction of sp³-hybridized carbons (Fsp3) is 0.412. The summed E-state index contributed by atoms with van der Waals surface area (Å²) >= 11 is 0. The number of anilines is 2. The number of hydrogen-bond donors (Lipinski definition) is 2. The molecule has 1 aliphatic heterocycles. The Morgan fingerprint density at radius 2 is 1.91 bits per heavy atom. The highest BCUT2D eigenvalue weighted by atomic mass is 16.2. The molecule has 1 aromatic heterocycles. The number of aromatic nitrogens is 2. The Hall–Kier alpha value is -2.50. The number of urea groups is 1. The summed E-state index contributed by atoms with van der Waals surface area (Å²) in [5, 5.41) is 9.87. The molecule has 122 valence electrons. The lowest BCUT2D eigenvalue weighted by molar-refractivity contribution is 0.251. The van der Waals surface area contributed by atoms with Gasteiger partial charge in [-0.05, 0) is 37.5 Å². The van der Waals surface area contributed by atoms with Crippen molar-refractivity contribution < 1.29 is 4.79 Å². The predicted molar refractivity (Wildman–Crippen MR) is 91.7 cm³/mol. The van der Waals surface area contributed by atoms with Crippen LogP contribution in [0, 0.1) is 6.92 Å². The normalized spacial score (nSPS) is 14.1. The van der Waals surface area contributed by atoms with Gasteiger partial charge in [-0.25, -0.2) is 4.79 Å². The molecule has 1 aromatic carbocycles. The molecule has 2 amide bonds. The first-order chi connectivity index (χ1) is 11.1. The number of rotatable bonds is 4. The van der Waals surface area contributed by atoms with Crippen molar-refractivity contribution in [2.75, 3.05) is 23.3 Å². The number of nitrogens with zero attached hydrogens (tertiary/aromatic N) is 3. The third-order valence-electron chi connectivity index (χ3n) is 4.10. The van der Waals surface area contributed by atoms with Gasteiger partial charge in [0.25, 0.3) is 0 Å². The molecule has 0 atom stereocenters. The summed E-state index contributed by atoms with van der Waals surface area (Å²) in [7, 11) is 1.81. The van der Waals surface area contributed by atoms with Gasteiger partial charge in [-0.3, -0.25) is 10.00 Å². The number of nitrogens with one attached hydrogen (secondary N) is 2. The van der Waals surface area contributed by atoms with E-state index in [0.717, 1.165) is 24.3 Å². The van der Waals surface area contributed by atoms with E-state index >= 15 is 0 Å². The van der Waals surface area contributed by atoms with Crippen LogP contribution in [-0.4, -0.2) is 28.9 Å². The Morgan fingerprint density at radius 1 is 1.22 bits per heavy atom. The smallest absolute Gasteiger partial charge is 0.320 e. The standard InChI is InChI=1S/C17H23N5O/c1-13-11-16(21(2)20-13)19-17(23)18-12-14-5-7-15(8-6-14)22-9-3-4-10-22/h5-8,11H,3-4,9-10,12H2,1-2H3,(H2,18,19,23). The van der Waals surface area contributed by atoms with E-state index in [1.54, 1.807) is 11.7 Å². The van der Waals surface area contributed by atoms with Crippen molar-refractivity contribution in [2.24, 2.45) is 7.05 Å². The predicted octanol–water partition coefficient (Wildman–Crippen LogP) is 2.65. The molecule has 0 bridgehead atoms. The first-order valence-electron chi connectivity index (χ1n) is 8.01. The molecule has 0 radical (unpaired) electrons. The van der Waals surface area contributed by atoms with Crippen LogP contribution in [0.3, 0.4) is 0 Å². The lowest BCUT2D eigenvalue weighted by Gasteiger charge is -2.17. The van der Waals surface area contributed by atoms with Crippen molar-refractivity contribution in [3.05, 3.63) is 41.6 Å². The van der Waals surface area contributed by atoms with Crippen molar-refractivity contribution in [1.29, 1.82) is 0 Å². The maximum atomic E-state index is 12.0. The summed E-state index contributed by atoms with van der Waals surface area (Å²) in [6.45, 7) is 4.68. The topological polar surface area (TPSA) is 62.2 Å². The maximum Gasteiger partial charge on any atom is 0.320 e. The second-order valence-electron chi connectivity index (χ2n) is 5.96. The van der Waals surface area contributed by atoms with Crippen LogP contribution in [0.15, 0.2) is 30.3 Å². The van der Waals surface area contributed by atoms with Gasteiger partial charge in [0, 0.05) is 38.4 Å². The molecular weight excluding hydrogens is 290 g/mol. The molecule has 0 aliphatic carbocycles. The van der Waals surface area contributed by atoms with Gasteiger partial charge in [0.15, 0.2) is 0 Å². The first kappa shape index (κ1) is 15.4. The summed E-state index contributed by atoms with van der Waals surface area (Å²) in [5.74, 6) is 0.685. The zero-order valence-corrected chi connectivity index (χ0v) is 13.7. The molecule has 0 unspecified atom stereocenters. The molecule has 2 N–H and O–H groups in total. The van der Waals surface area contributed by atoms with E-state index in [1.165, 1.54) is 18.5 Å². The van der Waals surface area contributed by atoms with Crippen LogP contribution in [-0.2, 0) is 13.6 Å². The maximum absolute atomic E-state index is 12.0. The van der Waals surface area contributed by atoms with E-state index in [1.807, 2.05) is 13.0 Å². The number of benzene rings is 1. The van der Waals surface area contributed by atoms with Crippen molar-refractivity contribution >= 4 is 17.5 Å². The van der Waals surface area contributed by atoms with E-state index in [9.17, 15) is 4.79 Å². The van der Waals surface area contributed by atoms with Crippen LogP contribution >= 0.6 is 0 Å². The van der Waals surface area contributed by atoms with Crippen molar-refractivity contribution in [2.45, 2.75) is 26.3 Å². The second-order valence-corrected chi connectivity index (χ2v) is 5.96. The first-order valence-corrected chi connectivity index (χ1v) is 8.01. The fourth-order valence-electron chi connectivity index (χ4n) is 2.87. The largest absolute Gasteiger partial charge is 0.372 e. The summed E-state index contributed by atoms with van der Waals surface area (Å²) < 4.78 is 1.65. The average molecular weight is 313 g/mol. The molecule has 1 fully saturated rings. The molecule has 2 aromatic rings. The van der Waals surface area contributed by atoms with Gasteiger partial charge in [0.2, 0.25) is 0 Å². The number of amides is 2. The second kappa shape index (κ2) is 6.73. The molecule has 1 saturated heterocycles. The Balaban J connectivity index is 1.51. The van der Waals surface area contributed by atoms with E-state index in [2.05, 4.69) is 44.9 Å². The number of carbonyl (C=O) groups excluding carboxylic acids is 1. The van der Waals surface area contributed by atoms with Gasteiger partial charge >= 0.3 is 6.03 Å². The third-order valence-corrected chi connectivity index (χ3v) is 4.10. The summed E-state index contributed by atoms with van der Waals surface area (Å²) in [4.78, 5) is 14.3. The van der Waals surface area contributed by atoms with Crippen LogP contribution in [0.2, 0.25) is 0 Å². The molecule has 6 nitrogen and oxygen atoms in total. The summed E-state index contributed by atoms with van der Waals surface area (Å²) in [6, 6.07) is 10.0. The monoisotopic (exact) mass is 313 g/mol. The van der Waals surface area contributed by atoms with Gasteiger partial charge in [0.1, 0.15) is 5.82 Å². The average Bonchev–Trinajstić information content (AvgIpc) is 3.16. The third kappa shape index (κ3) is 3.83. The minimum Gasteiger partial charge on any atom is -0.372 e. The minimum atomic E-state index is -0.225. The Bertz CT molecular complexity index is 671. The van der Waals surface area contributed by atoms with Crippen molar-refractivity contribution in [3.63, 3.8) is 0 Å². The number of hydrogen-bond acceptors (Lipinski definition) is 3. The quantitative estimate of drug-likeness (QED) is 0.912. The van der Waals surface area contributed by atoms with Crippen LogP contribution in [0.5, 0.6) is 0 Å². The molecule has 0 spiro atoms. The van der Waals surface area contributed by atoms with Crippen LogP contribution in [0.1, 0.15) is 24.1 Å². The fourth-order valence-corrected chi connectivity index (χ4v) is 2.87. The highest BCUT2D eigenvalue weighted by Gasteiger charge is 2.12. The van der Waals surface area contributed by atoms with Gasteiger partial charge in [-0.15, -0.1) is 0 Å². The van der Waals surface area contributed by atoms with Crippen molar-refractivity contribution in [3.8, 4) is 0 Å². The number of carbonyl (C=O) groups is 1. The van der Waals surface area contributed by atoms with E-state index < -0.39 is 0 Å². The lowest BCUT2D eigenvalue weighted by atomic mass is 10.2. The van der Waals surface area contributed by atoms with Crippen LogP contribution < -0.4 is 15.5 Å². The molecule has 3 rings (SSSR count). The summed E-state index contributed by atoms with van der Waals surface area (Å²) in [6.07, 6.45) is 2.55. The van der Waals surface area contributed by atoms with E-state index in [-0.39, 0.29) is 6.03 Å². The molecule has 6 heteroatoms. The highest BCUT2D eigenvalue weighted by molar-refractivity contribution is 5.88. The van der Waals surface area contributed by atoms with Gasteiger partial charge in [-0.1, -0.05) is 12.1 Å². The van der Waals surface area contributed by atoms with Crippen LogP contribution in [0.4, 0.5) is 16.3 Å². The highest BCUT2D eigenvalue weighted by Crippen LogP contribution is 2.20. The van der Waals surface area contributed by atoms with Crippen LogP contribution in [0.25, 0.3) is 0 Å². The van der Waals surface area contributed by atoms with Gasteiger partial charge in [-0.2, -0.15) is 5.10 Å². The van der Waals surface area contributed by atoms with Crippen molar-refractivity contribution in [1.82, 2.24) is 15.1 Å². The number of aryl methyl sites for hydroxylation is 2. The van der Waals surface area contributed by atoms with Gasteiger partial charge in [0.05, 0.1) is 5.69 Å². The lowest BCUT2D eigenvalue weighted by Crippen LogP contribution is -2.29. The molecular formula is C17H23N5O. The zero-order chi connectivity index (χ0) is 16.2. The summed E-state index contributed by atoms with van der Waals surface area (Å²) in [5.41, 5.74) is 3.23. The van der Waals surface area contributed by atoms with E-state index in [0.29, 0.717) is 12.4 Å². The Kier molecular flexibility index (Phi) is 4.50. The molecule has 0 saturated carbocycles. The van der Waals surface area contributed by atoms with E-state index in [4.69, 9.17) is 0 Å². The molecule has 1 aliphatic rings. The SMILES string of the molecule is Cc1cc(NC(=O)NCc2ccc(N3CCCC3)cc2)n(C)n1. The zero-order valence-electron chi connectivity index (χ0n) is 13.7. The molecule has 23 heavy (non-hydrogen) atoms. The Labute approximate surface area is 136 Å². The Morgan fingerprint density at radius 3 is 2.52 bits per heavy atom. The molecule has 2 heterocycles.